The van der Waals surface area contributed by atoms with Gasteiger partial charge in [-0.1, -0.05) is 6.07 Å². The first kappa shape index (κ1) is 14.5. The van der Waals surface area contributed by atoms with Gasteiger partial charge in [0.05, 0.1) is 11.0 Å². The van der Waals surface area contributed by atoms with Crippen molar-refractivity contribution >= 4 is 16.0 Å². The molecule has 1 aliphatic heterocycles. The lowest BCUT2D eigenvalue weighted by Gasteiger charge is -2.21. The zero-order chi connectivity index (χ0) is 15.2. The second-order valence-electron chi connectivity index (χ2n) is 5.60. The summed E-state index contributed by atoms with van der Waals surface area (Å²) in [5, 5.41) is 18.8. The minimum absolute atomic E-state index is 0.0699. The van der Waals surface area contributed by atoms with Gasteiger partial charge in [-0.25, -0.2) is 8.42 Å². The SMILES string of the molecule is O=C(O)[C@@H]1C[C@@H](O)CN1S(=O)(=O)c1ccc2c(c1)CCC2. The van der Waals surface area contributed by atoms with E-state index in [1.165, 1.54) is 6.07 Å². The predicted molar refractivity (Wildman–Crippen MR) is 74.4 cm³/mol. The van der Waals surface area contributed by atoms with Crippen molar-refractivity contribution in [3.63, 3.8) is 0 Å². The quantitative estimate of drug-likeness (QED) is 0.842. The van der Waals surface area contributed by atoms with Crippen LogP contribution in [0.5, 0.6) is 0 Å². The Hall–Kier alpha value is -1.44. The highest BCUT2D eigenvalue weighted by Gasteiger charge is 2.43. The van der Waals surface area contributed by atoms with E-state index in [-0.39, 0.29) is 17.9 Å². The van der Waals surface area contributed by atoms with Gasteiger partial charge in [-0.3, -0.25) is 4.79 Å². The van der Waals surface area contributed by atoms with Crippen LogP contribution in [-0.4, -0.2) is 47.6 Å². The molecule has 0 unspecified atom stereocenters. The third-order valence-corrected chi connectivity index (χ3v) is 6.07. The van der Waals surface area contributed by atoms with Crippen LogP contribution in [0.2, 0.25) is 0 Å². The molecule has 1 heterocycles. The van der Waals surface area contributed by atoms with Crippen LogP contribution >= 0.6 is 0 Å². The Labute approximate surface area is 123 Å². The molecule has 2 N–H and O–H groups in total. The summed E-state index contributed by atoms with van der Waals surface area (Å²) >= 11 is 0. The second-order valence-corrected chi connectivity index (χ2v) is 7.49. The topological polar surface area (TPSA) is 94.9 Å². The summed E-state index contributed by atoms with van der Waals surface area (Å²) in [5.41, 5.74) is 2.17. The van der Waals surface area contributed by atoms with Crippen molar-refractivity contribution < 1.29 is 23.4 Å². The summed E-state index contributed by atoms with van der Waals surface area (Å²) in [4.78, 5) is 11.3. The minimum Gasteiger partial charge on any atom is -0.480 e. The highest BCUT2D eigenvalue weighted by Crippen LogP contribution is 2.30. The van der Waals surface area contributed by atoms with E-state index in [0.717, 1.165) is 34.7 Å². The number of sulfonamides is 1. The van der Waals surface area contributed by atoms with Crippen molar-refractivity contribution in [2.24, 2.45) is 0 Å². The van der Waals surface area contributed by atoms with Gasteiger partial charge in [0.1, 0.15) is 6.04 Å². The van der Waals surface area contributed by atoms with Crippen molar-refractivity contribution in [2.75, 3.05) is 6.54 Å². The lowest BCUT2D eigenvalue weighted by Crippen LogP contribution is -2.40. The van der Waals surface area contributed by atoms with Gasteiger partial charge in [-0.2, -0.15) is 4.31 Å². The monoisotopic (exact) mass is 311 g/mol. The van der Waals surface area contributed by atoms with Crippen molar-refractivity contribution in [2.45, 2.75) is 42.7 Å². The van der Waals surface area contributed by atoms with Crippen LogP contribution < -0.4 is 0 Å². The van der Waals surface area contributed by atoms with Crippen LogP contribution in [0, 0.1) is 0 Å². The standard InChI is InChI=1S/C14H17NO5S/c16-11-7-13(14(17)18)15(8-11)21(19,20)12-5-4-9-2-1-3-10(9)6-12/h4-6,11,13,16H,1-3,7-8H2,(H,17,18)/t11-,13+/m1/s1. The molecule has 6 nitrogen and oxygen atoms in total. The van der Waals surface area contributed by atoms with E-state index in [2.05, 4.69) is 0 Å². The number of hydrogen-bond donors (Lipinski definition) is 2. The van der Waals surface area contributed by atoms with Gasteiger partial charge in [-0.05, 0) is 42.5 Å². The molecule has 2 atom stereocenters. The maximum Gasteiger partial charge on any atom is 0.322 e. The third-order valence-electron chi connectivity index (χ3n) is 4.20. The van der Waals surface area contributed by atoms with Gasteiger partial charge in [0.25, 0.3) is 0 Å². The molecular weight excluding hydrogens is 294 g/mol. The number of aliphatic carboxylic acids is 1. The molecule has 0 spiro atoms. The smallest absolute Gasteiger partial charge is 0.322 e. The highest BCUT2D eigenvalue weighted by atomic mass is 32.2. The van der Waals surface area contributed by atoms with Crippen LogP contribution in [0.1, 0.15) is 24.0 Å². The molecule has 1 aliphatic carbocycles. The van der Waals surface area contributed by atoms with E-state index in [1.54, 1.807) is 12.1 Å². The van der Waals surface area contributed by atoms with Crippen molar-refractivity contribution in [3.05, 3.63) is 29.3 Å². The van der Waals surface area contributed by atoms with Gasteiger partial charge in [0.2, 0.25) is 10.0 Å². The minimum atomic E-state index is -3.89. The average molecular weight is 311 g/mol. The number of β-amino-alcohol motifs (C(OH)–C–C–N with tert-alkyl or cyclic N) is 1. The number of carboxylic acid groups (broad SMARTS) is 1. The van der Waals surface area contributed by atoms with Crippen LogP contribution in [0.3, 0.4) is 0 Å². The molecule has 0 radical (unpaired) electrons. The number of benzene rings is 1. The molecule has 0 aromatic heterocycles. The van der Waals surface area contributed by atoms with E-state index >= 15 is 0 Å². The summed E-state index contributed by atoms with van der Waals surface area (Å²) in [6.07, 6.45) is 1.81. The average Bonchev–Trinajstić information content (AvgIpc) is 3.03. The van der Waals surface area contributed by atoms with Gasteiger partial charge in [0.15, 0.2) is 0 Å². The summed E-state index contributed by atoms with van der Waals surface area (Å²) in [5.74, 6) is -1.23. The van der Waals surface area contributed by atoms with Crippen molar-refractivity contribution in [3.8, 4) is 0 Å². The fourth-order valence-corrected chi connectivity index (χ4v) is 4.80. The number of hydrogen-bond acceptors (Lipinski definition) is 4. The summed E-state index contributed by atoms with van der Waals surface area (Å²) in [6.45, 7) is -0.170. The molecule has 21 heavy (non-hydrogen) atoms. The van der Waals surface area contributed by atoms with E-state index < -0.39 is 28.1 Å². The molecule has 0 saturated carbocycles. The first-order valence-electron chi connectivity index (χ1n) is 6.94. The molecule has 1 saturated heterocycles. The predicted octanol–water partition coefficient (Wildman–Crippen LogP) is 0.384. The third kappa shape index (κ3) is 2.45. The number of nitrogens with zero attached hydrogens (tertiary/aromatic N) is 1. The highest BCUT2D eigenvalue weighted by molar-refractivity contribution is 7.89. The molecule has 0 bridgehead atoms. The molecule has 0 amide bonds. The Morgan fingerprint density at radius 1 is 1.24 bits per heavy atom. The Morgan fingerprint density at radius 3 is 2.67 bits per heavy atom. The van der Waals surface area contributed by atoms with E-state index in [9.17, 15) is 18.3 Å². The Morgan fingerprint density at radius 2 is 1.95 bits per heavy atom. The van der Waals surface area contributed by atoms with E-state index in [0.29, 0.717) is 0 Å². The first-order valence-corrected chi connectivity index (χ1v) is 8.38. The first-order chi connectivity index (χ1) is 9.89. The molecule has 7 heteroatoms. The molecule has 1 aromatic rings. The van der Waals surface area contributed by atoms with E-state index in [4.69, 9.17) is 5.11 Å². The zero-order valence-electron chi connectivity index (χ0n) is 11.4. The van der Waals surface area contributed by atoms with Gasteiger partial charge in [-0.15, -0.1) is 0 Å². The Balaban J connectivity index is 1.98. The number of aliphatic hydroxyl groups excluding tert-OH is 1. The molecule has 114 valence electrons. The molecule has 2 aliphatic rings. The number of fused-ring (bicyclic) bond motifs is 1. The maximum atomic E-state index is 12.6. The number of aliphatic hydroxyl groups is 1. The fourth-order valence-electron chi connectivity index (χ4n) is 3.12. The van der Waals surface area contributed by atoms with Gasteiger partial charge >= 0.3 is 5.97 Å². The molecule has 3 rings (SSSR count). The number of rotatable bonds is 3. The summed E-state index contributed by atoms with van der Waals surface area (Å²) in [7, 11) is -3.89. The largest absolute Gasteiger partial charge is 0.480 e. The molecular formula is C14H17NO5S. The van der Waals surface area contributed by atoms with Gasteiger partial charge < -0.3 is 10.2 Å². The van der Waals surface area contributed by atoms with Crippen LogP contribution in [-0.2, 0) is 27.7 Å². The fraction of sp³-hybridized carbons (Fsp3) is 0.500. The van der Waals surface area contributed by atoms with Gasteiger partial charge in [0, 0.05) is 13.0 Å². The lowest BCUT2D eigenvalue weighted by molar-refractivity contribution is -0.140. The normalized spacial score (nSPS) is 26.0. The number of carboxylic acids is 1. The number of carbonyl (C=O) groups is 1. The molecule has 1 aromatic carbocycles. The van der Waals surface area contributed by atoms with Crippen LogP contribution in [0.4, 0.5) is 0 Å². The summed E-state index contributed by atoms with van der Waals surface area (Å²) < 4.78 is 26.2. The van der Waals surface area contributed by atoms with E-state index in [1.807, 2.05) is 0 Å². The Kier molecular flexibility index (Phi) is 3.51. The second kappa shape index (κ2) is 5.08. The van der Waals surface area contributed by atoms with Crippen LogP contribution in [0.25, 0.3) is 0 Å². The number of aryl methyl sites for hydroxylation is 2. The lowest BCUT2D eigenvalue weighted by atomic mass is 10.1. The maximum absolute atomic E-state index is 12.6. The van der Waals surface area contributed by atoms with Crippen LogP contribution in [0.15, 0.2) is 23.1 Å². The Bertz CT molecular complexity index is 685. The van der Waals surface area contributed by atoms with Crippen molar-refractivity contribution in [1.29, 1.82) is 0 Å². The summed E-state index contributed by atoms with van der Waals surface area (Å²) in [6, 6.07) is 3.78. The zero-order valence-corrected chi connectivity index (χ0v) is 12.2. The van der Waals surface area contributed by atoms with Crippen molar-refractivity contribution in [1.82, 2.24) is 4.31 Å². The molecule has 1 fully saturated rings.